The summed E-state index contributed by atoms with van der Waals surface area (Å²) in [4.78, 5) is 7.90. The van der Waals surface area contributed by atoms with Crippen LogP contribution in [0.1, 0.15) is 0 Å². The Hall–Kier alpha value is -0.960. The van der Waals surface area contributed by atoms with Crippen LogP contribution in [-0.2, 0) is 0 Å². The molecule has 0 saturated carbocycles. The number of hydrogen-bond donors (Lipinski definition) is 0. The van der Waals surface area contributed by atoms with Gasteiger partial charge in [0.15, 0.2) is 0 Å². The monoisotopic (exact) mass is 135 g/mol. The summed E-state index contributed by atoms with van der Waals surface area (Å²) in [5, 5.41) is 0. The van der Waals surface area contributed by atoms with Gasteiger partial charge in [-0.1, -0.05) is 0 Å². The van der Waals surface area contributed by atoms with E-state index in [0.717, 1.165) is 10.2 Å². The second-order valence-corrected chi connectivity index (χ2v) is 2.48. The maximum Gasteiger partial charge on any atom is 0.110 e. The molecule has 0 aromatic carbocycles. The van der Waals surface area contributed by atoms with Crippen LogP contribution in [-0.4, -0.2) is 9.97 Å². The Labute approximate surface area is 56.2 Å². The van der Waals surface area contributed by atoms with Crippen molar-refractivity contribution in [1.82, 2.24) is 9.97 Å². The van der Waals surface area contributed by atoms with Crippen molar-refractivity contribution in [3.8, 4) is 0 Å². The van der Waals surface area contributed by atoms with Crippen molar-refractivity contribution < 1.29 is 0 Å². The summed E-state index contributed by atoms with van der Waals surface area (Å²) in [7, 11) is 0. The molecule has 2 heterocycles. The molecule has 0 saturated heterocycles. The Bertz CT molecular complexity index is 285. The van der Waals surface area contributed by atoms with E-state index in [-0.39, 0.29) is 0 Å². The van der Waals surface area contributed by atoms with Gasteiger partial charge < -0.3 is 0 Å². The molecular weight excluding hydrogens is 132 g/mol. The lowest BCUT2D eigenvalue weighted by Crippen LogP contribution is -1.68. The standard InChI is InChI=1S/C6H3N2S/c1-2-7-3-6-5(1)8-4-9-6/h1-2,4H. The van der Waals surface area contributed by atoms with E-state index >= 15 is 0 Å². The predicted octanol–water partition coefficient (Wildman–Crippen LogP) is 1.49. The third kappa shape index (κ3) is 0.695. The molecule has 0 aliphatic heterocycles. The smallest absolute Gasteiger partial charge is 0.110 e. The van der Waals surface area contributed by atoms with Gasteiger partial charge in [-0.15, -0.1) is 11.3 Å². The van der Waals surface area contributed by atoms with E-state index < -0.39 is 0 Å². The fourth-order valence-electron chi connectivity index (χ4n) is 0.661. The van der Waals surface area contributed by atoms with Gasteiger partial charge in [0.1, 0.15) is 6.20 Å². The van der Waals surface area contributed by atoms with Crippen LogP contribution in [0.15, 0.2) is 17.8 Å². The van der Waals surface area contributed by atoms with Crippen molar-refractivity contribution in [2.45, 2.75) is 0 Å². The topological polar surface area (TPSA) is 25.8 Å². The predicted molar refractivity (Wildman–Crippen MR) is 36.3 cm³/mol. The maximum absolute atomic E-state index is 4.07. The quantitative estimate of drug-likeness (QED) is 0.547. The minimum absolute atomic E-state index is 0.981. The number of fused-ring (bicyclic) bond motifs is 1. The molecule has 0 amide bonds. The molecule has 0 atom stereocenters. The number of nitrogens with zero attached hydrogens (tertiary/aromatic N) is 2. The fraction of sp³-hybridized carbons (Fsp3) is 0. The van der Waals surface area contributed by atoms with Crippen molar-refractivity contribution >= 4 is 21.6 Å². The van der Waals surface area contributed by atoms with E-state index in [1.807, 2.05) is 6.07 Å². The van der Waals surface area contributed by atoms with E-state index in [9.17, 15) is 0 Å². The summed E-state index contributed by atoms with van der Waals surface area (Å²) in [6.07, 6.45) is 4.53. The molecule has 0 fully saturated rings. The van der Waals surface area contributed by atoms with Gasteiger partial charge in [-0.3, -0.25) is 4.98 Å². The second-order valence-electron chi connectivity index (χ2n) is 1.62. The molecule has 2 aromatic rings. The number of hydrogen-bond acceptors (Lipinski definition) is 3. The van der Waals surface area contributed by atoms with Crippen LogP contribution in [0.5, 0.6) is 0 Å². The van der Waals surface area contributed by atoms with Crippen LogP contribution in [0.25, 0.3) is 10.2 Å². The lowest BCUT2D eigenvalue weighted by atomic mass is 10.5. The molecule has 0 spiro atoms. The summed E-state index contributed by atoms with van der Waals surface area (Å²) in [5.41, 5.74) is 2.78. The first kappa shape index (κ1) is 4.88. The highest BCUT2D eigenvalue weighted by Crippen LogP contribution is 2.13. The summed E-state index contributed by atoms with van der Waals surface area (Å²) in [5.74, 6) is 0. The van der Waals surface area contributed by atoms with Crippen molar-refractivity contribution in [3.63, 3.8) is 0 Å². The molecule has 0 bridgehead atoms. The highest BCUT2D eigenvalue weighted by molar-refractivity contribution is 7.16. The zero-order valence-corrected chi connectivity index (χ0v) is 5.35. The Kier molecular flexibility index (Phi) is 0.960. The molecule has 2 aromatic heterocycles. The average molecular weight is 135 g/mol. The molecule has 9 heavy (non-hydrogen) atoms. The zero-order valence-electron chi connectivity index (χ0n) is 4.53. The Morgan fingerprint density at radius 2 is 2.56 bits per heavy atom. The minimum atomic E-state index is 0.981. The minimum Gasteiger partial charge on any atom is -0.253 e. The summed E-state index contributed by atoms with van der Waals surface area (Å²) in [6.45, 7) is 0. The fourth-order valence-corrected chi connectivity index (χ4v) is 1.28. The third-order valence-corrected chi connectivity index (χ3v) is 1.81. The van der Waals surface area contributed by atoms with Gasteiger partial charge in [0.05, 0.1) is 15.7 Å². The first-order valence-electron chi connectivity index (χ1n) is 2.53. The first-order chi connectivity index (χ1) is 4.47. The van der Waals surface area contributed by atoms with Gasteiger partial charge in [-0.2, -0.15) is 0 Å². The van der Waals surface area contributed by atoms with Crippen molar-refractivity contribution in [1.29, 1.82) is 0 Å². The number of thiazole rings is 1. The van der Waals surface area contributed by atoms with Gasteiger partial charge in [0.2, 0.25) is 0 Å². The van der Waals surface area contributed by atoms with Gasteiger partial charge >= 0.3 is 0 Å². The van der Waals surface area contributed by atoms with E-state index in [2.05, 4.69) is 16.2 Å². The summed E-state index contributed by atoms with van der Waals surface area (Å²) in [6, 6.07) is 1.88. The zero-order chi connectivity index (χ0) is 6.10. The van der Waals surface area contributed by atoms with Gasteiger partial charge in [-0.05, 0) is 6.07 Å². The molecule has 0 unspecified atom stereocenters. The van der Waals surface area contributed by atoms with Crippen molar-refractivity contribution in [2.75, 3.05) is 0 Å². The van der Waals surface area contributed by atoms with E-state index in [0.29, 0.717) is 0 Å². The van der Waals surface area contributed by atoms with Gasteiger partial charge in [0, 0.05) is 6.20 Å². The lowest BCUT2D eigenvalue weighted by molar-refractivity contribution is 1.34. The highest BCUT2D eigenvalue weighted by atomic mass is 32.1. The maximum atomic E-state index is 4.07. The van der Waals surface area contributed by atoms with Crippen LogP contribution in [0.4, 0.5) is 0 Å². The van der Waals surface area contributed by atoms with Gasteiger partial charge in [0.25, 0.3) is 0 Å². The molecule has 0 aliphatic carbocycles. The molecular formula is C6H3N2S. The van der Waals surface area contributed by atoms with Crippen LogP contribution in [0.2, 0.25) is 0 Å². The Morgan fingerprint density at radius 1 is 1.56 bits per heavy atom. The molecule has 0 aliphatic rings. The SMILES string of the molecule is [c]1nccc2ncsc12. The van der Waals surface area contributed by atoms with Crippen molar-refractivity contribution in [3.05, 3.63) is 24.0 Å². The van der Waals surface area contributed by atoms with Crippen LogP contribution < -0.4 is 0 Å². The highest BCUT2D eigenvalue weighted by Gasteiger charge is 1.91. The van der Waals surface area contributed by atoms with Crippen LogP contribution in [0.3, 0.4) is 0 Å². The molecule has 0 N–H and O–H groups in total. The second kappa shape index (κ2) is 1.77. The first-order valence-corrected chi connectivity index (χ1v) is 3.41. The Balaban J connectivity index is 2.95. The van der Waals surface area contributed by atoms with E-state index in [1.54, 1.807) is 23.0 Å². The molecule has 43 valence electrons. The lowest BCUT2D eigenvalue weighted by Gasteiger charge is -1.79. The van der Waals surface area contributed by atoms with Crippen molar-refractivity contribution in [2.24, 2.45) is 0 Å². The third-order valence-electron chi connectivity index (χ3n) is 1.07. The molecule has 2 rings (SSSR count). The Morgan fingerprint density at radius 3 is 3.44 bits per heavy atom. The van der Waals surface area contributed by atoms with Crippen LogP contribution >= 0.6 is 11.3 Å². The molecule has 2 nitrogen and oxygen atoms in total. The average Bonchev–Trinajstić information content (AvgIpc) is 2.33. The van der Waals surface area contributed by atoms with E-state index in [4.69, 9.17) is 0 Å². The van der Waals surface area contributed by atoms with E-state index in [1.165, 1.54) is 0 Å². The summed E-state index contributed by atoms with van der Waals surface area (Å²) >= 11 is 1.56. The van der Waals surface area contributed by atoms with Gasteiger partial charge in [-0.25, -0.2) is 4.98 Å². The molecule has 3 heteroatoms. The summed E-state index contributed by atoms with van der Waals surface area (Å²) < 4.78 is 1.03. The van der Waals surface area contributed by atoms with Crippen LogP contribution in [0, 0.1) is 6.20 Å². The largest absolute Gasteiger partial charge is 0.253 e. The number of rotatable bonds is 0. The number of aromatic nitrogens is 2. The number of pyridine rings is 1. The molecule has 1 radical (unpaired) electrons. The normalized spacial score (nSPS) is 10.2.